The Balaban J connectivity index is 1.47. The van der Waals surface area contributed by atoms with E-state index in [0.29, 0.717) is 11.2 Å². The summed E-state index contributed by atoms with van der Waals surface area (Å²) in [5.41, 5.74) is 1.67. The van der Waals surface area contributed by atoms with Crippen LogP contribution in [0.2, 0.25) is 0 Å². The van der Waals surface area contributed by atoms with Crippen LogP contribution in [0.15, 0.2) is 30.3 Å². The molecule has 0 radical (unpaired) electrons. The van der Waals surface area contributed by atoms with Crippen LogP contribution in [-0.4, -0.2) is 5.78 Å². The number of rotatable bonds is 6. The molecule has 0 aliphatic heterocycles. The monoisotopic (exact) mass is 352 g/mol. The van der Waals surface area contributed by atoms with Gasteiger partial charge in [-0.2, -0.15) is 0 Å². The van der Waals surface area contributed by atoms with Gasteiger partial charge in [0.15, 0.2) is 0 Å². The van der Waals surface area contributed by atoms with Crippen LogP contribution in [0.4, 0.5) is 0 Å². The summed E-state index contributed by atoms with van der Waals surface area (Å²) in [4.78, 5) is 13.2. The summed E-state index contributed by atoms with van der Waals surface area (Å²) in [6.45, 7) is 6.29. The van der Waals surface area contributed by atoms with E-state index in [1.54, 1.807) is 0 Å². The molecule has 0 N–H and O–H groups in total. The van der Waals surface area contributed by atoms with E-state index in [2.05, 4.69) is 51.1 Å². The van der Waals surface area contributed by atoms with Gasteiger partial charge in [-0.1, -0.05) is 51.1 Å². The Kier molecular flexibility index (Phi) is 4.78. The van der Waals surface area contributed by atoms with Crippen LogP contribution in [0.3, 0.4) is 0 Å². The van der Waals surface area contributed by atoms with Gasteiger partial charge in [-0.3, -0.25) is 4.79 Å². The number of hydrogen-bond acceptors (Lipinski definition) is 1. The molecule has 1 aromatic carbocycles. The second kappa shape index (κ2) is 6.80. The summed E-state index contributed by atoms with van der Waals surface area (Å²) in [5, 5.41) is 0. The average molecular weight is 353 g/mol. The highest BCUT2D eigenvalue weighted by molar-refractivity contribution is 5.86. The van der Waals surface area contributed by atoms with Gasteiger partial charge in [0.25, 0.3) is 0 Å². The first-order valence-corrected chi connectivity index (χ1v) is 10.9. The van der Waals surface area contributed by atoms with Crippen LogP contribution >= 0.6 is 0 Å². The number of carbonyl (C=O) groups excluding carboxylic acids is 1. The minimum absolute atomic E-state index is 0.186. The molecule has 5 rings (SSSR count). The maximum absolute atomic E-state index is 13.2. The van der Waals surface area contributed by atoms with E-state index in [0.717, 1.165) is 30.6 Å². The summed E-state index contributed by atoms with van der Waals surface area (Å²) >= 11 is 0. The molecule has 1 nitrogen and oxygen atoms in total. The molecule has 1 atom stereocenters. The molecule has 0 aromatic heterocycles. The lowest BCUT2D eigenvalue weighted by Crippen LogP contribution is -2.46. The average Bonchev–Trinajstić information content (AvgIpc) is 2.57. The molecule has 1 heteroatoms. The van der Waals surface area contributed by atoms with Crippen molar-refractivity contribution >= 4 is 5.78 Å². The molecule has 0 spiro atoms. The first-order chi connectivity index (χ1) is 12.3. The van der Waals surface area contributed by atoms with Crippen LogP contribution in [0.5, 0.6) is 0 Å². The summed E-state index contributed by atoms with van der Waals surface area (Å²) in [6.07, 6.45) is 12.2. The zero-order valence-corrected chi connectivity index (χ0v) is 17.0. The third-order valence-corrected chi connectivity index (χ3v) is 7.62. The number of Topliss-reactive ketones (excluding diaryl/α,β-unsaturated/α-hetero) is 1. The molecule has 1 aromatic rings. The molecule has 0 saturated heterocycles. The van der Waals surface area contributed by atoms with Crippen molar-refractivity contribution in [2.75, 3.05) is 0 Å². The Bertz CT molecular complexity index is 601. The Hall–Kier alpha value is -1.11. The third kappa shape index (κ3) is 3.78. The molecule has 4 bridgehead atoms. The van der Waals surface area contributed by atoms with Gasteiger partial charge in [0, 0.05) is 11.3 Å². The maximum atomic E-state index is 13.2. The second-order valence-corrected chi connectivity index (χ2v) is 11.0. The van der Waals surface area contributed by atoms with E-state index in [1.807, 2.05) is 0 Å². The van der Waals surface area contributed by atoms with Gasteiger partial charge in [-0.15, -0.1) is 0 Å². The molecule has 0 unspecified atom stereocenters. The molecule has 4 fully saturated rings. The van der Waals surface area contributed by atoms with Gasteiger partial charge in [-0.25, -0.2) is 0 Å². The lowest BCUT2D eigenvalue weighted by atomic mass is 9.48. The van der Waals surface area contributed by atoms with Crippen molar-refractivity contribution in [1.82, 2.24) is 0 Å². The topological polar surface area (TPSA) is 17.1 Å². The van der Waals surface area contributed by atoms with Crippen molar-refractivity contribution in [3.05, 3.63) is 35.9 Å². The van der Waals surface area contributed by atoms with Crippen LogP contribution in [-0.2, 0) is 11.2 Å². The van der Waals surface area contributed by atoms with Crippen molar-refractivity contribution in [2.45, 2.75) is 78.6 Å². The van der Waals surface area contributed by atoms with Crippen molar-refractivity contribution in [2.24, 2.45) is 34.5 Å². The highest BCUT2D eigenvalue weighted by Crippen LogP contribution is 2.61. The van der Waals surface area contributed by atoms with Crippen LogP contribution in [0.25, 0.3) is 0 Å². The minimum atomic E-state index is -0.235. The molecule has 26 heavy (non-hydrogen) atoms. The quantitative estimate of drug-likeness (QED) is 0.574. The summed E-state index contributed by atoms with van der Waals surface area (Å²) in [7, 11) is 0. The van der Waals surface area contributed by atoms with Crippen molar-refractivity contribution in [1.29, 1.82) is 0 Å². The molecule has 142 valence electrons. The van der Waals surface area contributed by atoms with Crippen molar-refractivity contribution < 1.29 is 4.79 Å². The van der Waals surface area contributed by atoms with Gasteiger partial charge in [-0.05, 0) is 86.5 Å². The molecule has 0 amide bonds. The highest BCUT2D eigenvalue weighted by atomic mass is 16.1. The third-order valence-electron chi connectivity index (χ3n) is 7.62. The zero-order chi connectivity index (χ0) is 18.4. The van der Waals surface area contributed by atoms with Crippen LogP contribution < -0.4 is 0 Å². The minimum Gasteiger partial charge on any atom is -0.299 e. The first kappa shape index (κ1) is 18.3. The van der Waals surface area contributed by atoms with E-state index in [9.17, 15) is 4.79 Å². The van der Waals surface area contributed by atoms with Crippen LogP contribution in [0, 0.1) is 34.5 Å². The largest absolute Gasteiger partial charge is 0.299 e. The van der Waals surface area contributed by atoms with Gasteiger partial charge in [0.05, 0.1) is 0 Å². The lowest BCUT2D eigenvalue weighted by molar-refractivity contribution is -0.131. The Morgan fingerprint density at radius 1 is 1.00 bits per heavy atom. The van der Waals surface area contributed by atoms with E-state index in [1.165, 1.54) is 50.5 Å². The first-order valence-electron chi connectivity index (χ1n) is 10.9. The normalized spacial score (nSPS) is 34.0. The fourth-order valence-electron chi connectivity index (χ4n) is 6.91. The lowest BCUT2D eigenvalue weighted by Gasteiger charge is -2.57. The summed E-state index contributed by atoms with van der Waals surface area (Å²) in [6, 6.07) is 10.7. The Morgan fingerprint density at radius 2 is 1.54 bits per heavy atom. The van der Waals surface area contributed by atoms with Gasteiger partial charge in [0.2, 0.25) is 0 Å². The number of ketones is 1. The van der Waals surface area contributed by atoms with Gasteiger partial charge < -0.3 is 0 Å². The molecule has 4 aliphatic rings. The highest BCUT2D eigenvalue weighted by Gasteiger charge is 2.50. The fourth-order valence-corrected chi connectivity index (χ4v) is 6.91. The molecular weight excluding hydrogens is 316 g/mol. The standard InChI is InChI=1S/C25H36O/c1-24(2,3)23(26)22(14-18-7-5-4-6-8-18)9-10-25-15-19-11-20(16-25)13-21(12-19)17-25/h4-8,19-22H,9-17H2,1-3H3/t19?,20?,21?,22-,25?/m0/s1. The maximum Gasteiger partial charge on any atom is 0.141 e. The second-order valence-electron chi connectivity index (χ2n) is 11.0. The van der Waals surface area contributed by atoms with Gasteiger partial charge in [0.1, 0.15) is 5.78 Å². The van der Waals surface area contributed by atoms with E-state index < -0.39 is 0 Å². The predicted molar refractivity (Wildman–Crippen MR) is 108 cm³/mol. The number of carbonyl (C=O) groups is 1. The van der Waals surface area contributed by atoms with E-state index >= 15 is 0 Å². The van der Waals surface area contributed by atoms with E-state index in [4.69, 9.17) is 0 Å². The smallest absolute Gasteiger partial charge is 0.141 e. The fraction of sp³-hybridized carbons (Fsp3) is 0.720. The van der Waals surface area contributed by atoms with Crippen LogP contribution in [0.1, 0.15) is 77.7 Å². The molecule has 4 aliphatic carbocycles. The molecular formula is C25H36O. The Morgan fingerprint density at radius 3 is 2.04 bits per heavy atom. The zero-order valence-electron chi connectivity index (χ0n) is 17.0. The van der Waals surface area contributed by atoms with E-state index in [-0.39, 0.29) is 11.3 Å². The molecule has 0 heterocycles. The van der Waals surface area contributed by atoms with Crippen molar-refractivity contribution in [3.63, 3.8) is 0 Å². The number of hydrogen-bond donors (Lipinski definition) is 0. The number of benzene rings is 1. The Labute approximate surface area is 160 Å². The summed E-state index contributed by atoms with van der Waals surface area (Å²) < 4.78 is 0. The molecule has 4 saturated carbocycles. The van der Waals surface area contributed by atoms with Gasteiger partial charge >= 0.3 is 0 Å². The summed E-state index contributed by atoms with van der Waals surface area (Å²) in [5.74, 6) is 3.67. The predicted octanol–water partition coefficient (Wildman–Crippen LogP) is 6.46. The SMILES string of the molecule is CC(C)(C)C(=O)[C@@H](CCC12CC3CC(CC(C3)C1)C2)Cc1ccccc1. The van der Waals surface area contributed by atoms with Crippen molar-refractivity contribution in [3.8, 4) is 0 Å².